The maximum Gasteiger partial charge on any atom is 0.220 e. The molecule has 0 unspecified atom stereocenters. The molecule has 2 aromatic rings. The molecule has 0 fully saturated rings. The Labute approximate surface area is 135 Å². The van der Waals surface area contributed by atoms with Gasteiger partial charge in [-0.15, -0.1) is 11.3 Å². The van der Waals surface area contributed by atoms with Gasteiger partial charge in [-0.2, -0.15) is 0 Å². The molecule has 0 bridgehead atoms. The number of hydrogen-bond donors (Lipinski definition) is 2. The quantitative estimate of drug-likeness (QED) is 0.859. The van der Waals surface area contributed by atoms with Crippen molar-refractivity contribution in [3.63, 3.8) is 0 Å². The van der Waals surface area contributed by atoms with Crippen LogP contribution in [0, 0.1) is 6.92 Å². The van der Waals surface area contributed by atoms with E-state index in [0.717, 1.165) is 25.9 Å². The molecule has 0 saturated heterocycles. The van der Waals surface area contributed by atoms with Crippen LogP contribution < -0.4 is 10.6 Å². The topological polar surface area (TPSA) is 41.1 Å². The fraction of sp³-hybridized carbons (Fsp3) is 0.389. The molecule has 0 aliphatic carbocycles. The SMILES string of the molecule is Cc1ccc(CCCC(=O)NCc2ccc3c(c2)CNC3)s1. The first-order chi connectivity index (χ1) is 10.7. The molecule has 0 saturated carbocycles. The minimum atomic E-state index is 0.145. The highest BCUT2D eigenvalue weighted by molar-refractivity contribution is 7.11. The normalized spacial score (nSPS) is 13.1. The Balaban J connectivity index is 1.40. The Morgan fingerprint density at radius 2 is 2.09 bits per heavy atom. The molecular weight excluding hydrogens is 292 g/mol. The molecule has 0 atom stereocenters. The van der Waals surface area contributed by atoms with Gasteiger partial charge in [0.15, 0.2) is 0 Å². The maximum absolute atomic E-state index is 11.9. The highest BCUT2D eigenvalue weighted by Crippen LogP contribution is 2.18. The van der Waals surface area contributed by atoms with Crippen LogP contribution in [0.5, 0.6) is 0 Å². The van der Waals surface area contributed by atoms with E-state index in [-0.39, 0.29) is 5.91 Å². The Hall–Kier alpha value is -1.65. The van der Waals surface area contributed by atoms with E-state index in [9.17, 15) is 4.79 Å². The Morgan fingerprint density at radius 3 is 2.91 bits per heavy atom. The molecule has 3 nitrogen and oxygen atoms in total. The summed E-state index contributed by atoms with van der Waals surface area (Å²) in [5, 5.41) is 6.36. The van der Waals surface area contributed by atoms with Crippen LogP contribution in [0.15, 0.2) is 30.3 Å². The summed E-state index contributed by atoms with van der Waals surface area (Å²) >= 11 is 1.82. The van der Waals surface area contributed by atoms with E-state index < -0.39 is 0 Å². The predicted octanol–water partition coefficient (Wildman–Crippen LogP) is 3.30. The third kappa shape index (κ3) is 3.96. The van der Waals surface area contributed by atoms with Gasteiger partial charge in [0.1, 0.15) is 0 Å². The van der Waals surface area contributed by atoms with Crippen LogP contribution >= 0.6 is 11.3 Å². The second-order valence-corrected chi connectivity index (χ2v) is 7.22. The van der Waals surface area contributed by atoms with Crippen LogP contribution in [0.1, 0.15) is 39.3 Å². The summed E-state index contributed by atoms with van der Waals surface area (Å²) in [6, 6.07) is 10.8. The van der Waals surface area contributed by atoms with Gasteiger partial charge in [0.2, 0.25) is 5.91 Å². The Kier molecular flexibility index (Phi) is 4.90. The first kappa shape index (κ1) is 15.3. The highest BCUT2D eigenvalue weighted by Gasteiger charge is 2.10. The summed E-state index contributed by atoms with van der Waals surface area (Å²) in [5.41, 5.74) is 3.92. The first-order valence-electron chi connectivity index (χ1n) is 7.84. The van der Waals surface area contributed by atoms with Gasteiger partial charge in [0.05, 0.1) is 0 Å². The number of benzene rings is 1. The first-order valence-corrected chi connectivity index (χ1v) is 8.66. The summed E-state index contributed by atoms with van der Waals surface area (Å²) in [5.74, 6) is 0.145. The van der Waals surface area contributed by atoms with Crippen LogP contribution in [-0.2, 0) is 30.8 Å². The molecule has 22 heavy (non-hydrogen) atoms. The molecule has 1 aliphatic rings. The maximum atomic E-state index is 11.9. The molecule has 0 radical (unpaired) electrons. The van der Waals surface area contributed by atoms with Gasteiger partial charge >= 0.3 is 0 Å². The fourth-order valence-corrected chi connectivity index (χ4v) is 3.72. The van der Waals surface area contributed by atoms with Crippen molar-refractivity contribution in [2.24, 2.45) is 0 Å². The van der Waals surface area contributed by atoms with Gasteiger partial charge in [0.25, 0.3) is 0 Å². The van der Waals surface area contributed by atoms with Crippen molar-refractivity contribution in [3.8, 4) is 0 Å². The number of thiophene rings is 1. The van der Waals surface area contributed by atoms with Crippen molar-refractivity contribution in [2.45, 2.75) is 45.8 Å². The average molecular weight is 314 g/mol. The van der Waals surface area contributed by atoms with E-state index in [2.05, 4.69) is 47.9 Å². The predicted molar refractivity (Wildman–Crippen MR) is 90.8 cm³/mol. The summed E-state index contributed by atoms with van der Waals surface area (Å²) < 4.78 is 0. The molecule has 4 heteroatoms. The molecule has 2 N–H and O–H groups in total. The van der Waals surface area contributed by atoms with Crippen molar-refractivity contribution in [3.05, 3.63) is 56.8 Å². The number of amides is 1. The molecular formula is C18H22N2OS. The second kappa shape index (κ2) is 7.07. The van der Waals surface area contributed by atoms with Crippen molar-refractivity contribution in [1.82, 2.24) is 10.6 Å². The van der Waals surface area contributed by atoms with E-state index in [4.69, 9.17) is 0 Å². The summed E-state index contributed by atoms with van der Waals surface area (Å²) in [6.07, 6.45) is 2.51. The minimum absolute atomic E-state index is 0.145. The molecule has 116 valence electrons. The Bertz CT molecular complexity index is 663. The Morgan fingerprint density at radius 1 is 1.23 bits per heavy atom. The lowest BCUT2D eigenvalue weighted by Gasteiger charge is -2.07. The number of carbonyl (C=O) groups is 1. The number of carbonyl (C=O) groups excluding carboxylic acids is 1. The van der Waals surface area contributed by atoms with Crippen molar-refractivity contribution < 1.29 is 4.79 Å². The van der Waals surface area contributed by atoms with Crippen LogP contribution in [-0.4, -0.2) is 5.91 Å². The highest BCUT2D eigenvalue weighted by atomic mass is 32.1. The van der Waals surface area contributed by atoms with Crippen molar-refractivity contribution >= 4 is 17.2 Å². The van der Waals surface area contributed by atoms with Crippen molar-refractivity contribution in [2.75, 3.05) is 0 Å². The van der Waals surface area contributed by atoms with Gasteiger partial charge in [-0.25, -0.2) is 0 Å². The monoisotopic (exact) mass is 314 g/mol. The molecule has 2 heterocycles. The van der Waals surface area contributed by atoms with E-state index in [1.54, 1.807) is 0 Å². The van der Waals surface area contributed by atoms with Gasteiger partial charge in [-0.3, -0.25) is 4.79 Å². The van der Waals surface area contributed by atoms with Gasteiger partial charge in [-0.05, 0) is 48.6 Å². The zero-order valence-electron chi connectivity index (χ0n) is 12.9. The molecule has 1 aromatic heterocycles. The van der Waals surface area contributed by atoms with E-state index in [1.807, 2.05) is 11.3 Å². The van der Waals surface area contributed by atoms with E-state index >= 15 is 0 Å². The average Bonchev–Trinajstić information content (AvgIpc) is 3.13. The second-order valence-electron chi connectivity index (χ2n) is 5.85. The number of rotatable bonds is 6. The largest absolute Gasteiger partial charge is 0.352 e. The fourth-order valence-electron chi connectivity index (χ4n) is 2.79. The standard InChI is InChI=1S/C18H22N2OS/c1-13-5-8-17(22-13)3-2-4-18(21)20-10-14-6-7-15-11-19-12-16(15)9-14/h5-9,19H,2-4,10-12H2,1H3,(H,20,21). The van der Waals surface area contributed by atoms with E-state index in [1.165, 1.54) is 26.4 Å². The molecule has 1 aliphatic heterocycles. The van der Waals surface area contributed by atoms with E-state index in [0.29, 0.717) is 13.0 Å². The lowest BCUT2D eigenvalue weighted by Crippen LogP contribution is -2.22. The molecule has 1 aromatic carbocycles. The summed E-state index contributed by atoms with van der Waals surface area (Å²) in [4.78, 5) is 14.6. The summed E-state index contributed by atoms with van der Waals surface area (Å²) in [7, 11) is 0. The zero-order valence-corrected chi connectivity index (χ0v) is 13.8. The van der Waals surface area contributed by atoms with Gasteiger partial charge in [-0.1, -0.05) is 18.2 Å². The number of nitrogens with one attached hydrogen (secondary N) is 2. The van der Waals surface area contributed by atoms with Crippen LogP contribution in [0.3, 0.4) is 0 Å². The molecule has 0 spiro atoms. The zero-order chi connectivity index (χ0) is 15.4. The smallest absolute Gasteiger partial charge is 0.220 e. The molecule has 3 rings (SSSR count). The summed E-state index contributed by atoms with van der Waals surface area (Å²) in [6.45, 7) is 4.65. The van der Waals surface area contributed by atoms with Gasteiger partial charge < -0.3 is 10.6 Å². The third-order valence-corrected chi connectivity index (χ3v) is 5.07. The minimum Gasteiger partial charge on any atom is -0.352 e. The number of fused-ring (bicyclic) bond motifs is 1. The van der Waals surface area contributed by atoms with Crippen LogP contribution in [0.2, 0.25) is 0 Å². The van der Waals surface area contributed by atoms with Crippen LogP contribution in [0.4, 0.5) is 0 Å². The van der Waals surface area contributed by atoms with Crippen LogP contribution in [0.25, 0.3) is 0 Å². The lowest BCUT2D eigenvalue weighted by molar-refractivity contribution is -0.121. The van der Waals surface area contributed by atoms with Crippen molar-refractivity contribution in [1.29, 1.82) is 0 Å². The number of hydrogen-bond acceptors (Lipinski definition) is 3. The lowest BCUT2D eigenvalue weighted by atomic mass is 10.1. The molecule has 1 amide bonds. The van der Waals surface area contributed by atoms with Gasteiger partial charge in [0, 0.05) is 35.8 Å². The third-order valence-electron chi connectivity index (χ3n) is 4.01. The number of aryl methyl sites for hydroxylation is 2.